The van der Waals surface area contributed by atoms with Gasteiger partial charge in [0.05, 0.1) is 7.11 Å². The molecule has 0 fully saturated rings. The van der Waals surface area contributed by atoms with Crippen LogP contribution in [0.1, 0.15) is 11.1 Å². The van der Waals surface area contributed by atoms with Gasteiger partial charge in [0, 0.05) is 0 Å². The van der Waals surface area contributed by atoms with E-state index in [1.807, 2.05) is 24.3 Å². The van der Waals surface area contributed by atoms with Gasteiger partial charge in [-0.25, -0.2) is 0 Å². The number of esters is 1. The second-order valence-electron chi connectivity index (χ2n) is 4.85. The Bertz CT molecular complexity index is 590. The van der Waals surface area contributed by atoms with Crippen molar-refractivity contribution in [1.82, 2.24) is 0 Å². The van der Waals surface area contributed by atoms with Crippen LogP contribution in [0.3, 0.4) is 0 Å². The minimum absolute atomic E-state index is 0.381. The minimum Gasteiger partial charge on any atom is -0.468 e. The number of rotatable bonds is 4. The molecule has 0 radical (unpaired) electrons. The molecular weight excluding hydrogens is 250 g/mol. The Morgan fingerprint density at radius 1 is 1.15 bits per heavy atom. The molecule has 3 heteroatoms. The third kappa shape index (κ3) is 3.25. The molecule has 3 nitrogen and oxygen atoms in total. The van der Waals surface area contributed by atoms with E-state index < -0.39 is 6.04 Å². The summed E-state index contributed by atoms with van der Waals surface area (Å²) in [7, 11) is 1.35. The average Bonchev–Trinajstić information content (AvgIpc) is 2.48. The van der Waals surface area contributed by atoms with Gasteiger partial charge in [-0.15, -0.1) is 0 Å². The van der Waals surface area contributed by atoms with E-state index in [-0.39, 0.29) is 5.97 Å². The maximum atomic E-state index is 11.3. The fraction of sp³-hybridized carbons (Fsp3) is 0.235. The first-order chi connectivity index (χ1) is 9.61. The Hall–Kier alpha value is -2.13. The first-order valence-corrected chi connectivity index (χ1v) is 6.60. The summed E-state index contributed by atoms with van der Waals surface area (Å²) < 4.78 is 4.63. The zero-order valence-corrected chi connectivity index (χ0v) is 11.8. The summed E-state index contributed by atoms with van der Waals surface area (Å²) in [6.07, 6.45) is 0.487. The van der Waals surface area contributed by atoms with Gasteiger partial charge in [-0.3, -0.25) is 4.79 Å². The van der Waals surface area contributed by atoms with Gasteiger partial charge in [0.25, 0.3) is 0 Å². The standard InChI is InChI=1S/C17H19NO2/c1-12-5-3-4-6-15(12)14-9-7-13(8-10-14)11-16(18)17(19)20-2/h3-10,16H,11,18H2,1-2H3/t16-/m0/s1. The van der Waals surface area contributed by atoms with E-state index >= 15 is 0 Å². The van der Waals surface area contributed by atoms with Gasteiger partial charge in [0.1, 0.15) is 6.04 Å². The van der Waals surface area contributed by atoms with E-state index in [0.29, 0.717) is 6.42 Å². The molecule has 20 heavy (non-hydrogen) atoms. The summed E-state index contributed by atoms with van der Waals surface area (Å²) in [5.41, 5.74) is 10.4. The van der Waals surface area contributed by atoms with Crippen LogP contribution in [-0.4, -0.2) is 19.1 Å². The maximum absolute atomic E-state index is 11.3. The lowest BCUT2D eigenvalue weighted by Crippen LogP contribution is -2.33. The Morgan fingerprint density at radius 2 is 1.80 bits per heavy atom. The van der Waals surface area contributed by atoms with Crippen LogP contribution in [0.2, 0.25) is 0 Å². The Morgan fingerprint density at radius 3 is 2.40 bits per heavy atom. The number of nitrogens with two attached hydrogens (primary N) is 1. The third-order valence-corrected chi connectivity index (χ3v) is 3.37. The monoisotopic (exact) mass is 269 g/mol. The van der Waals surface area contributed by atoms with Crippen LogP contribution in [0.5, 0.6) is 0 Å². The van der Waals surface area contributed by atoms with Gasteiger partial charge >= 0.3 is 5.97 Å². The number of hydrogen-bond donors (Lipinski definition) is 1. The second kappa shape index (κ2) is 6.35. The third-order valence-electron chi connectivity index (χ3n) is 3.37. The number of carbonyl (C=O) groups excluding carboxylic acids is 1. The lowest BCUT2D eigenvalue weighted by Gasteiger charge is -2.10. The molecule has 2 rings (SSSR count). The highest BCUT2D eigenvalue weighted by molar-refractivity contribution is 5.75. The van der Waals surface area contributed by atoms with Crippen molar-refractivity contribution in [3.63, 3.8) is 0 Å². The normalized spacial score (nSPS) is 11.9. The highest BCUT2D eigenvalue weighted by Gasteiger charge is 2.14. The quantitative estimate of drug-likeness (QED) is 0.868. The van der Waals surface area contributed by atoms with Gasteiger partial charge in [0.2, 0.25) is 0 Å². The van der Waals surface area contributed by atoms with E-state index in [2.05, 4.69) is 35.9 Å². The predicted molar refractivity (Wildman–Crippen MR) is 80.3 cm³/mol. The number of ether oxygens (including phenoxy) is 1. The molecule has 0 unspecified atom stereocenters. The smallest absolute Gasteiger partial charge is 0.322 e. The van der Waals surface area contributed by atoms with Crippen LogP contribution in [0.4, 0.5) is 0 Å². The summed E-state index contributed by atoms with van der Waals surface area (Å²) in [5, 5.41) is 0. The average molecular weight is 269 g/mol. The first kappa shape index (κ1) is 14.3. The van der Waals surface area contributed by atoms with E-state index in [0.717, 1.165) is 5.56 Å². The lowest BCUT2D eigenvalue weighted by molar-refractivity contribution is -0.142. The van der Waals surface area contributed by atoms with Crippen LogP contribution in [0, 0.1) is 6.92 Å². The molecule has 0 aliphatic rings. The molecule has 0 saturated heterocycles. The molecule has 104 valence electrons. The van der Waals surface area contributed by atoms with E-state index in [4.69, 9.17) is 5.73 Å². The number of hydrogen-bond acceptors (Lipinski definition) is 3. The molecule has 0 saturated carbocycles. The van der Waals surface area contributed by atoms with Crippen molar-refractivity contribution in [2.45, 2.75) is 19.4 Å². The number of methoxy groups -OCH3 is 1. The topological polar surface area (TPSA) is 52.3 Å². The molecule has 0 aromatic heterocycles. The maximum Gasteiger partial charge on any atom is 0.322 e. The number of carbonyl (C=O) groups is 1. The molecule has 0 spiro atoms. The van der Waals surface area contributed by atoms with Crippen molar-refractivity contribution in [1.29, 1.82) is 0 Å². The highest BCUT2D eigenvalue weighted by Crippen LogP contribution is 2.23. The molecule has 2 aromatic carbocycles. The van der Waals surface area contributed by atoms with Gasteiger partial charge in [0.15, 0.2) is 0 Å². The van der Waals surface area contributed by atoms with Crippen molar-refractivity contribution in [3.05, 3.63) is 59.7 Å². The molecule has 0 aliphatic heterocycles. The largest absolute Gasteiger partial charge is 0.468 e. The van der Waals surface area contributed by atoms with Gasteiger partial charge in [-0.1, -0.05) is 48.5 Å². The fourth-order valence-corrected chi connectivity index (χ4v) is 2.21. The summed E-state index contributed by atoms with van der Waals surface area (Å²) in [4.78, 5) is 11.3. The molecule has 0 amide bonds. The summed E-state index contributed by atoms with van der Waals surface area (Å²) in [6, 6.07) is 15.8. The number of benzene rings is 2. The molecule has 2 aromatic rings. The zero-order chi connectivity index (χ0) is 14.5. The molecule has 1 atom stereocenters. The van der Waals surface area contributed by atoms with Crippen LogP contribution < -0.4 is 5.73 Å². The van der Waals surface area contributed by atoms with Crippen molar-refractivity contribution in [2.24, 2.45) is 5.73 Å². The SMILES string of the molecule is COC(=O)[C@@H](N)Cc1ccc(-c2ccccc2C)cc1. The molecule has 0 heterocycles. The highest BCUT2D eigenvalue weighted by atomic mass is 16.5. The Kier molecular flexibility index (Phi) is 4.53. The number of aryl methyl sites for hydroxylation is 1. The van der Waals surface area contributed by atoms with Crippen LogP contribution in [0.15, 0.2) is 48.5 Å². The Balaban J connectivity index is 2.15. The molecule has 0 bridgehead atoms. The van der Waals surface area contributed by atoms with Crippen molar-refractivity contribution in [2.75, 3.05) is 7.11 Å². The van der Waals surface area contributed by atoms with Crippen molar-refractivity contribution < 1.29 is 9.53 Å². The Labute approximate surface area is 119 Å². The molecule has 0 aliphatic carbocycles. The summed E-state index contributed by atoms with van der Waals surface area (Å²) >= 11 is 0. The van der Waals surface area contributed by atoms with Crippen LogP contribution in [-0.2, 0) is 16.0 Å². The summed E-state index contributed by atoms with van der Waals surface area (Å²) in [6.45, 7) is 2.09. The molecular formula is C17H19NO2. The van der Waals surface area contributed by atoms with E-state index in [1.165, 1.54) is 23.8 Å². The molecule has 2 N–H and O–H groups in total. The van der Waals surface area contributed by atoms with Crippen LogP contribution in [0.25, 0.3) is 11.1 Å². The second-order valence-corrected chi connectivity index (χ2v) is 4.85. The lowest BCUT2D eigenvalue weighted by atomic mass is 9.98. The van der Waals surface area contributed by atoms with Gasteiger partial charge in [-0.2, -0.15) is 0 Å². The van der Waals surface area contributed by atoms with Crippen LogP contribution >= 0.6 is 0 Å². The zero-order valence-electron chi connectivity index (χ0n) is 11.8. The van der Waals surface area contributed by atoms with Gasteiger partial charge < -0.3 is 10.5 Å². The van der Waals surface area contributed by atoms with E-state index in [9.17, 15) is 4.79 Å². The minimum atomic E-state index is -0.607. The fourth-order valence-electron chi connectivity index (χ4n) is 2.21. The van der Waals surface area contributed by atoms with Gasteiger partial charge in [-0.05, 0) is 35.6 Å². The van der Waals surface area contributed by atoms with E-state index in [1.54, 1.807) is 0 Å². The van der Waals surface area contributed by atoms with Crippen molar-refractivity contribution >= 4 is 5.97 Å². The van der Waals surface area contributed by atoms with Crippen molar-refractivity contribution in [3.8, 4) is 11.1 Å². The summed E-state index contributed by atoms with van der Waals surface area (Å²) in [5.74, 6) is -0.381. The first-order valence-electron chi connectivity index (χ1n) is 6.60. The predicted octanol–water partition coefficient (Wildman–Crippen LogP) is 2.70.